The van der Waals surface area contributed by atoms with Gasteiger partial charge >= 0.3 is 0 Å². The van der Waals surface area contributed by atoms with Crippen LogP contribution < -0.4 is 9.62 Å². The molecular weight excluding hydrogens is 432 g/mol. The number of fused-ring (bicyclic) bond motifs is 1. The lowest BCUT2D eigenvalue weighted by Crippen LogP contribution is -2.54. The van der Waals surface area contributed by atoms with Crippen molar-refractivity contribution in [1.82, 2.24) is 29.3 Å². The highest BCUT2D eigenvalue weighted by Gasteiger charge is 2.34. The minimum atomic E-state index is -3.43. The molecule has 0 aliphatic carbocycles. The lowest BCUT2D eigenvalue weighted by atomic mass is 9.93. The van der Waals surface area contributed by atoms with Crippen LogP contribution >= 0.6 is 0 Å². The lowest BCUT2D eigenvalue weighted by molar-refractivity contribution is 0.0310. The molecule has 0 bridgehead atoms. The van der Waals surface area contributed by atoms with Gasteiger partial charge < -0.3 is 10.0 Å². The first kappa shape index (κ1) is 21.5. The van der Waals surface area contributed by atoms with E-state index in [1.807, 2.05) is 4.90 Å². The van der Waals surface area contributed by atoms with Crippen molar-refractivity contribution in [2.45, 2.75) is 24.9 Å². The number of nitrogens with zero attached hydrogens (tertiary/aromatic N) is 6. The summed E-state index contributed by atoms with van der Waals surface area (Å²) < 4.78 is 52.6. The summed E-state index contributed by atoms with van der Waals surface area (Å²) in [5.41, 5.74) is -0.366. The fourth-order valence-electron chi connectivity index (χ4n) is 3.56. The van der Waals surface area contributed by atoms with Gasteiger partial charge in [-0.15, -0.1) is 0 Å². The number of nitrogens with one attached hydrogen (secondary N) is 1. The van der Waals surface area contributed by atoms with E-state index in [9.17, 15) is 22.3 Å². The number of rotatable bonds is 6. The third-order valence-corrected chi connectivity index (χ3v) is 5.73. The highest BCUT2D eigenvalue weighted by molar-refractivity contribution is 7.88. The van der Waals surface area contributed by atoms with Gasteiger partial charge in [-0.25, -0.2) is 41.4 Å². The van der Waals surface area contributed by atoms with Gasteiger partial charge in [-0.2, -0.15) is 5.10 Å². The second kappa shape index (κ2) is 8.05. The summed E-state index contributed by atoms with van der Waals surface area (Å²) in [7, 11) is -3.43. The smallest absolute Gasteiger partial charge is 0.282 e. The maximum absolute atomic E-state index is 13.1. The monoisotopic (exact) mass is 453 g/mol. The summed E-state index contributed by atoms with van der Waals surface area (Å²) in [5.74, 6) is 0.516. The Labute approximate surface area is 177 Å². The van der Waals surface area contributed by atoms with E-state index in [1.54, 1.807) is 6.07 Å². The molecule has 1 unspecified atom stereocenters. The zero-order valence-corrected chi connectivity index (χ0v) is 17.4. The van der Waals surface area contributed by atoms with E-state index in [1.165, 1.54) is 29.2 Å². The average molecular weight is 453 g/mol. The third kappa shape index (κ3) is 4.78. The van der Waals surface area contributed by atoms with Gasteiger partial charge in [0.2, 0.25) is 10.0 Å². The molecule has 1 saturated heterocycles. The molecule has 0 amide bonds. The summed E-state index contributed by atoms with van der Waals surface area (Å²) in [6.45, 7) is 0.680. The SMILES string of the molecule is CS(=O)(=O)NCC1(O)CCCN(c2cc(-c3cnc4ccc(C(F)F)nn34)ncn2)C1. The first-order valence-electron chi connectivity index (χ1n) is 9.51. The fourth-order valence-corrected chi connectivity index (χ4v) is 4.09. The van der Waals surface area contributed by atoms with E-state index in [4.69, 9.17) is 0 Å². The summed E-state index contributed by atoms with van der Waals surface area (Å²) in [6.07, 6.45) is 2.23. The number of sulfonamides is 1. The molecule has 0 radical (unpaired) electrons. The first-order valence-corrected chi connectivity index (χ1v) is 11.4. The summed E-state index contributed by atoms with van der Waals surface area (Å²) in [4.78, 5) is 14.5. The molecule has 1 aliphatic rings. The van der Waals surface area contributed by atoms with Crippen LogP contribution in [0.15, 0.2) is 30.7 Å². The van der Waals surface area contributed by atoms with Gasteiger partial charge in [0.15, 0.2) is 5.65 Å². The average Bonchev–Trinajstić information content (AvgIpc) is 3.15. The Hall–Kier alpha value is -2.77. The normalized spacial score (nSPS) is 20.0. The number of halogens is 2. The van der Waals surface area contributed by atoms with Gasteiger partial charge in [-0.1, -0.05) is 0 Å². The maximum Gasteiger partial charge on any atom is 0.282 e. The number of anilines is 1. The second-order valence-corrected chi connectivity index (χ2v) is 9.41. The van der Waals surface area contributed by atoms with Crippen molar-refractivity contribution in [3.05, 3.63) is 36.4 Å². The molecule has 1 atom stereocenters. The van der Waals surface area contributed by atoms with Crippen LogP contribution in [0.1, 0.15) is 25.0 Å². The van der Waals surface area contributed by atoms with Crippen molar-refractivity contribution in [3.63, 3.8) is 0 Å². The molecule has 166 valence electrons. The van der Waals surface area contributed by atoms with Gasteiger partial charge in [0.25, 0.3) is 6.43 Å². The van der Waals surface area contributed by atoms with E-state index in [0.717, 1.165) is 6.26 Å². The van der Waals surface area contributed by atoms with Crippen molar-refractivity contribution in [3.8, 4) is 11.4 Å². The van der Waals surface area contributed by atoms with Gasteiger partial charge in [-0.05, 0) is 25.0 Å². The van der Waals surface area contributed by atoms with Crippen LogP contribution in [-0.4, -0.2) is 69.6 Å². The fraction of sp³-hybridized carbons (Fsp3) is 0.444. The van der Waals surface area contributed by atoms with E-state index < -0.39 is 22.0 Å². The van der Waals surface area contributed by atoms with Gasteiger partial charge in [0.05, 0.1) is 23.7 Å². The zero-order valence-electron chi connectivity index (χ0n) is 16.6. The zero-order chi connectivity index (χ0) is 22.2. The number of imidazole rings is 1. The number of alkyl halides is 2. The van der Waals surface area contributed by atoms with Crippen LogP contribution in [0, 0.1) is 0 Å². The maximum atomic E-state index is 13.1. The van der Waals surface area contributed by atoms with E-state index in [-0.39, 0.29) is 18.8 Å². The highest BCUT2D eigenvalue weighted by atomic mass is 32.2. The van der Waals surface area contributed by atoms with Gasteiger partial charge in [-0.3, -0.25) is 0 Å². The third-order valence-electron chi connectivity index (χ3n) is 5.06. The molecule has 13 heteroatoms. The number of piperidine rings is 1. The van der Waals surface area contributed by atoms with E-state index in [2.05, 4.69) is 24.8 Å². The first-order chi connectivity index (χ1) is 14.6. The molecule has 1 aliphatic heterocycles. The highest BCUT2D eigenvalue weighted by Crippen LogP contribution is 2.27. The topological polar surface area (TPSA) is 126 Å². The molecule has 0 spiro atoms. The molecule has 10 nitrogen and oxygen atoms in total. The van der Waals surface area contributed by atoms with Crippen LogP contribution in [0.4, 0.5) is 14.6 Å². The number of β-amino-alcohol motifs (C(OH)–C–C–N with tert-alkyl or cyclic N) is 1. The lowest BCUT2D eigenvalue weighted by Gasteiger charge is -2.39. The van der Waals surface area contributed by atoms with Crippen LogP contribution in [0.3, 0.4) is 0 Å². The largest absolute Gasteiger partial charge is 0.387 e. The molecule has 1 fully saturated rings. The number of hydrogen-bond acceptors (Lipinski definition) is 8. The standard InChI is InChI=1S/C18H21F2N7O3S/c1-31(29,30)24-9-18(28)5-2-6-26(10-18)16-7-13(22-11-23-16)14-8-21-15-4-3-12(17(19)20)25-27(14)15/h3-4,7-8,11,17,24,28H,2,5-6,9-10H2,1H3. The Kier molecular flexibility index (Phi) is 5.58. The molecule has 0 aromatic carbocycles. The summed E-state index contributed by atoms with van der Waals surface area (Å²) >= 11 is 0. The minimum Gasteiger partial charge on any atom is -0.387 e. The Bertz CT molecular complexity index is 1200. The number of aromatic nitrogens is 5. The van der Waals surface area contributed by atoms with Gasteiger partial charge in [0.1, 0.15) is 23.5 Å². The van der Waals surface area contributed by atoms with Crippen molar-refractivity contribution in [1.29, 1.82) is 0 Å². The molecule has 3 aromatic heterocycles. The quantitative estimate of drug-likeness (QED) is 0.566. The molecule has 31 heavy (non-hydrogen) atoms. The van der Waals surface area contributed by atoms with Gasteiger partial charge in [0, 0.05) is 25.7 Å². The van der Waals surface area contributed by atoms with Crippen molar-refractivity contribution < 1.29 is 22.3 Å². The van der Waals surface area contributed by atoms with E-state index in [0.29, 0.717) is 42.2 Å². The molecule has 3 aromatic rings. The Balaban J connectivity index is 1.62. The van der Waals surface area contributed by atoms with Crippen molar-refractivity contribution in [2.24, 2.45) is 0 Å². The van der Waals surface area contributed by atoms with Crippen molar-refractivity contribution in [2.75, 3.05) is 30.8 Å². The predicted molar refractivity (Wildman–Crippen MR) is 108 cm³/mol. The Morgan fingerprint density at radius 3 is 2.84 bits per heavy atom. The molecule has 2 N–H and O–H groups in total. The van der Waals surface area contributed by atoms with Crippen LogP contribution in [0.2, 0.25) is 0 Å². The van der Waals surface area contributed by atoms with Crippen LogP contribution in [0.25, 0.3) is 17.0 Å². The molecule has 0 saturated carbocycles. The number of hydrogen-bond donors (Lipinski definition) is 2. The molecule has 4 heterocycles. The molecular formula is C18H21F2N7O3S. The predicted octanol–water partition coefficient (Wildman–Crippen LogP) is 1.00. The summed E-state index contributed by atoms with van der Waals surface area (Å²) in [5, 5.41) is 14.8. The second-order valence-electron chi connectivity index (χ2n) is 7.58. The molecule has 4 rings (SSSR count). The minimum absolute atomic E-state index is 0.103. The Morgan fingerprint density at radius 2 is 2.10 bits per heavy atom. The summed E-state index contributed by atoms with van der Waals surface area (Å²) in [6, 6.07) is 4.34. The van der Waals surface area contributed by atoms with Crippen LogP contribution in [0.5, 0.6) is 0 Å². The Morgan fingerprint density at radius 1 is 1.29 bits per heavy atom. The van der Waals surface area contributed by atoms with Crippen molar-refractivity contribution >= 4 is 21.5 Å². The van der Waals surface area contributed by atoms with E-state index >= 15 is 0 Å². The van der Waals surface area contributed by atoms with Crippen LogP contribution in [-0.2, 0) is 10.0 Å². The number of aliphatic hydroxyl groups is 1.